The number of hydrogen-bond acceptors (Lipinski definition) is 12. The third kappa shape index (κ3) is 7.13. The van der Waals surface area contributed by atoms with Crippen molar-refractivity contribution in [3.8, 4) is 28.6 Å². The number of phenolic OH excluding ortho intramolecular Hbond substituents is 2. The number of carbonyl (C=O) groups excluding carboxylic acids is 5. The van der Waals surface area contributed by atoms with Crippen molar-refractivity contribution in [2.75, 3.05) is 5.32 Å². The molecule has 0 radical (unpaired) electrons. The van der Waals surface area contributed by atoms with E-state index < -0.39 is 46.6 Å². The number of piperidine rings is 1. The second-order valence-corrected chi connectivity index (χ2v) is 12.9. The Morgan fingerprint density at radius 3 is 2.54 bits per heavy atom. The number of carbonyl (C=O) groups is 5. The number of rotatable bonds is 13. The lowest BCUT2D eigenvalue weighted by Crippen LogP contribution is -2.54. The Morgan fingerprint density at radius 2 is 1.74 bits per heavy atom. The number of aromatic nitrogens is 3. The van der Waals surface area contributed by atoms with Crippen LogP contribution >= 0.6 is 0 Å². The van der Waals surface area contributed by atoms with Crippen molar-refractivity contribution in [2.45, 2.75) is 64.1 Å². The summed E-state index contributed by atoms with van der Waals surface area (Å²) in [5.41, 5.74) is 0.765. The minimum absolute atomic E-state index is 0.00785. The summed E-state index contributed by atoms with van der Waals surface area (Å²) < 4.78 is 13.4. The molecular formula is C38H34N6O10. The maximum Gasteiger partial charge on any atom is 0.264 e. The molecule has 5 amide bonds. The predicted octanol–water partition coefficient (Wildman–Crippen LogP) is 4.03. The van der Waals surface area contributed by atoms with Crippen LogP contribution in [0.1, 0.15) is 71.4 Å². The molecule has 0 bridgehead atoms. The first-order valence-corrected chi connectivity index (χ1v) is 17.3. The molecular weight excluding hydrogens is 700 g/mol. The molecule has 3 aromatic carbocycles. The van der Waals surface area contributed by atoms with Crippen molar-refractivity contribution in [3.63, 3.8) is 0 Å². The molecule has 54 heavy (non-hydrogen) atoms. The predicted molar refractivity (Wildman–Crippen MR) is 190 cm³/mol. The van der Waals surface area contributed by atoms with Gasteiger partial charge in [-0.3, -0.25) is 43.7 Å². The van der Waals surface area contributed by atoms with Gasteiger partial charge in [0, 0.05) is 37.1 Å². The standard InChI is InChI=1S/C38H34N6O10/c45-26-17-28(47)34(35-33(26)27(46)18-29(54-35)21-9-4-3-5-10-21)53-20-22-19-43(42-41-22)16-7-2-1-6-13-30(48)39-24-12-8-11-23-32(24)38(52)44(37(23)51)25-14-15-31(49)40-36(25)50/h3-5,8-12,17-19,25,45,47H,1-2,6-7,13-16,20H2,(H,39,48)(H,40,49,50). The molecule has 0 saturated carbocycles. The largest absolute Gasteiger partial charge is 0.507 e. The SMILES string of the molecule is O=C1CCC(N2C(=O)c3cccc(NC(=O)CCCCCCn4cc(COc5c(O)cc(O)c6c(=O)cc(-c7ccccc7)oc56)nn4)c3C2=O)C(=O)N1. The number of amides is 5. The van der Waals surface area contributed by atoms with E-state index in [-0.39, 0.29) is 71.1 Å². The zero-order chi connectivity index (χ0) is 37.9. The van der Waals surface area contributed by atoms with E-state index in [1.165, 1.54) is 18.2 Å². The van der Waals surface area contributed by atoms with E-state index in [2.05, 4.69) is 20.9 Å². The fourth-order valence-corrected chi connectivity index (χ4v) is 6.57. The highest BCUT2D eigenvalue weighted by molar-refractivity contribution is 6.26. The van der Waals surface area contributed by atoms with Gasteiger partial charge < -0.3 is 24.7 Å². The number of benzene rings is 3. The van der Waals surface area contributed by atoms with Crippen molar-refractivity contribution < 1.29 is 43.3 Å². The number of ether oxygens (including phenoxy) is 1. The third-order valence-corrected chi connectivity index (χ3v) is 9.21. The van der Waals surface area contributed by atoms with Crippen molar-refractivity contribution in [2.24, 2.45) is 0 Å². The summed E-state index contributed by atoms with van der Waals surface area (Å²) in [7, 11) is 0. The Bertz CT molecular complexity index is 2370. The summed E-state index contributed by atoms with van der Waals surface area (Å²) in [6.45, 7) is 0.430. The molecule has 2 aliphatic rings. The fraction of sp³-hybridized carbons (Fsp3) is 0.263. The maximum atomic E-state index is 13.3. The number of aryl methyl sites for hydroxylation is 1. The highest BCUT2D eigenvalue weighted by Crippen LogP contribution is 2.41. The topological polar surface area (TPSA) is 223 Å². The van der Waals surface area contributed by atoms with Gasteiger partial charge in [0.25, 0.3) is 11.8 Å². The molecule has 16 nitrogen and oxygen atoms in total. The Labute approximate surface area is 306 Å². The molecule has 1 saturated heterocycles. The molecule has 4 heterocycles. The number of aromatic hydroxyl groups is 2. The first-order chi connectivity index (χ1) is 26.1. The lowest BCUT2D eigenvalue weighted by Gasteiger charge is -2.27. The minimum atomic E-state index is -1.10. The average molecular weight is 735 g/mol. The van der Waals surface area contributed by atoms with Gasteiger partial charge in [0.15, 0.2) is 16.8 Å². The lowest BCUT2D eigenvalue weighted by molar-refractivity contribution is -0.136. The van der Waals surface area contributed by atoms with Gasteiger partial charge in [0.2, 0.25) is 23.5 Å². The number of nitrogens with zero attached hydrogens (tertiary/aromatic N) is 4. The first kappa shape index (κ1) is 35.6. The Balaban J connectivity index is 0.884. The second kappa shape index (κ2) is 15.0. The molecule has 1 unspecified atom stereocenters. The number of nitrogens with one attached hydrogen (secondary N) is 2. The molecule has 7 rings (SSSR count). The van der Waals surface area contributed by atoms with E-state index in [0.717, 1.165) is 30.2 Å². The van der Waals surface area contributed by atoms with Crippen LogP contribution in [0.15, 0.2) is 76.1 Å². The Morgan fingerprint density at radius 1 is 0.944 bits per heavy atom. The van der Waals surface area contributed by atoms with Gasteiger partial charge in [0.05, 0.1) is 23.0 Å². The molecule has 16 heteroatoms. The Kier molecular flexibility index (Phi) is 9.89. The van der Waals surface area contributed by atoms with Crippen molar-refractivity contribution in [1.82, 2.24) is 25.2 Å². The van der Waals surface area contributed by atoms with Crippen LogP contribution in [0.5, 0.6) is 17.2 Å². The van der Waals surface area contributed by atoms with Crippen LogP contribution < -0.4 is 20.8 Å². The molecule has 4 N–H and O–H groups in total. The summed E-state index contributed by atoms with van der Waals surface area (Å²) in [5, 5.41) is 34.0. The van der Waals surface area contributed by atoms with E-state index in [9.17, 15) is 39.0 Å². The molecule has 2 aromatic heterocycles. The van der Waals surface area contributed by atoms with Gasteiger partial charge in [-0.1, -0.05) is 54.5 Å². The number of unbranched alkanes of at least 4 members (excludes halogenated alkanes) is 3. The number of hydrogen-bond donors (Lipinski definition) is 4. The monoisotopic (exact) mass is 734 g/mol. The number of imide groups is 2. The van der Waals surface area contributed by atoms with Crippen LogP contribution in [0.2, 0.25) is 0 Å². The normalized spacial score (nSPS) is 15.4. The van der Waals surface area contributed by atoms with Crippen LogP contribution in [0, 0.1) is 0 Å². The summed E-state index contributed by atoms with van der Waals surface area (Å²) >= 11 is 0. The summed E-state index contributed by atoms with van der Waals surface area (Å²) in [5.74, 6) is -3.58. The van der Waals surface area contributed by atoms with Gasteiger partial charge in [-0.2, -0.15) is 0 Å². The first-order valence-electron chi connectivity index (χ1n) is 17.3. The van der Waals surface area contributed by atoms with E-state index in [0.29, 0.717) is 24.2 Å². The second-order valence-electron chi connectivity index (χ2n) is 12.9. The zero-order valence-corrected chi connectivity index (χ0v) is 28.7. The van der Waals surface area contributed by atoms with Crippen LogP contribution in [0.25, 0.3) is 22.3 Å². The van der Waals surface area contributed by atoms with Gasteiger partial charge in [0.1, 0.15) is 35.2 Å². The van der Waals surface area contributed by atoms with E-state index in [1.807, 2.05) is 6.07 Å². The summed E-state index contributed by atoms with van der Waals surface area (Å²) in [6, 6.07) is 14.6. The quantitative estimate of drug-likeness (QED) is 0.0994. The molecule has 5 aromatic rings. The number of fused-ring (bicyclic) bond motifs is 2. The fourth-order valence-electron chi connectivity index (χ4n) is 6.57. The number of anilines is 1. The molecule has 1 fully saturated rings. The van der Waals surface area contributed by atoms with Gasteiger partial charge in [-0.05, 0) is 31.4 Å². The van der Waals surface area contributed by atoms with Gasteiger partial charge in [-0.25, -0.2) is 0 Å². The highest BCUT2D eigenvalue weighted by atomic mass is 16.5. The average Bonchev–Trinajstić information content (AvgIpc) is 3.71. The van der Waals surface area contributed by atoms with Crippen molar-refractivity contribution >= 4 is 46.2 Å². The zero-order valence-electron chi connectivity index (χ0n) is 28.7. The van der Waals surface area contributed by atoms with Crippen LogP contribution in [0.3, 0.4) is 0 Å². The van der Waals surface area contributed by atoms with Crippen LogP contribution in [-0.2, 0) is 27.5 Å². The van der Waals surface area contributed by atoms with E-state index in [4.69, 9.17) is 9.15 Å². The Hall–Kier alpha value is -6.84. The lowest BCUT2D eigenvalue weighted by atomic mass is 10.0. The molecule has 2 aliphatic heterocycles. The minimum Gasteiger partial charge on any atom is -0.507 e. The van der Waals surface area contributed by atoms with Gasteiger partial charge >= 0.3 is 0 Å². The highest BCUT2D eigenvalue weighted by Gasteiger charge is 2.45. The molecule has 1 atom stereocenters. The molecule has 276 valence electrons. The number of phenols is 2. The third-order valence-electron chi connectivity index (χ3n) is 9.21. The molecule has 0 spiro atoms. The van der Waals surface area contributed by atoms with E-state index in [1.54, 1.807) is 41.2 Å². The van der Waals surface area contributed by atoms with Crippen LogP contribution in [0.4, 0.5) is 5.69 Å². The van der Waals surface area contributed by atoms with Crippen molar-refractivity contribution in [3.05, 3.63) is 93.9 Å². The summed E-state index contributed by atoms with van der Waals surface area (Å²) in [4.78, 5) is 76.8. The maximum absolute atomic E-state index is 13.3. The van der Waals surface area contributed by atoms with Crippen molar-refractivity contribution in [1.29, 1.82) is 0 Å². The smallest absolute Gasteiger partial charge is 0.264 e. The molecule has 0 aliphatic carbocycles. The van der Waals surface area contributed by atoms with E-state index >= 15 is 0 Å². The van der Waals surface area contributed by atoms with Gasteiger partial charge in [-0.15, -0.1) is 5.10 Å². The van der Waals surface area contributed by atoms with Crippen LogP contribution in [-0.4, -0.2) is 65.7 Å². The summed E-state index contributed by atoms with van der Waals surface area (Å²) in [6.07, 6.45) is 4.73.